The summed E-state index contributed by atoms with van der Waals surface area (Å²) in [5.41, 5.74) is 3.79. The molecule has 134 valence electrons. The molecular formula is C20H22N4O2. The van der Waals surface area contributed by atoms with Crippen LogP contribution < -0.4 is 5.32 Å². The summed E-state index contributed by atoms with van der Waals surface area (Å²) in [5, 5.41) is 13.1. The van der Waals surface area contributed by atoms with Crippen molar-refractivity contribution in [2.24, 2.45) is 0 Å². The van der Waals surface area contributed by atoms with Crippen molar-refractivity contribution < 1.29 is 9.90 Å². The predicted octanol–water partition coefficient (Wildman–Crippen LogP) is 1.48. The number of imidazole rings is 1. The van der Waals surface area contributed by atoms with Gasteiger partial charge in [0.2, 0.25) is 0 Å². The van der Waals surface area contributed by atoms with Crippen molar-refractivity contribution >= 4 is 11.6 Å². The zero-order valence-corrected chi connectivity index (χ0v) is 14.5. The lowest BCUT2D eigenvalue weighted by molar-refractivity contribution is 0.0838. The number of pyridine rings is 1. The van der Waals surface area contributed by atoms with E-state index < -0.39 is 6.10 Å². The molecule has 0 bridgehead atoms. The first-order valence-electron chi connectivity index (χ1n) is 8.88. The Balaban J connectivity index is 1.30. The van der Waals surface area contributed by atoms with Gasteiger partial charge in [0, 0.05) is 38.6 Å². The van der Waals surface area contributed by atoms with Gasteiger partial charge in [-0.05, 0) is 29.7 Å². The number of fused-ring (bicyclic) bond motifs is 2. The van der Waals surface area contributed by atoms with Gasteiger partial charge in [-0.1, -0.05) is 30.3 Å². The highest BCUT2D eigenvalue weighted by Gasteiger charge is 2.19. The van der Waals surface area contributed by atoms with E-state index in [9.17, 15) is 9.90 Å². The third-order valence-electron chi connectivity index (χ3n) is 4.77. The third kappa shape index (κ3) is 3.61. The maximum absolute atomic E-state index is 12.3. The highest BCUT2D eigenvalue weighted by molar-refractivity contribution is 5.92. The molecule has 1 amide bonds. The highest BCUT2D eigenvalue weighted by atomic mass is 16.3. The van der Waals surface area contributed by atoms with E-state index >= 15 is 0 Å². The molecule has 0 radical (unpaired) electrons. The summed E-state index contributed by atoms with van der Waals surface area (Å²) in [6.07, 6.45) is 3.93. The molecule has 6 heteroatoms. The van der Waals surface area contributed by atoms with Crippen molar-refractivity contribution in [2.75, 3.05) is 19.6 Å². The van der Waals surface area contributed by atoms with Crippen molar-refractivity contribution in [1.29, 1.82) is 0 Å². The summed E-state index contributed by atoms with van der Waals surface area (Å²) in [7, 11) is 0. The first-order chi connectivity index (χ1) is 12.7. The molecule has 3 aromatic rings. The summed E-state index contributed by atoms with van der Waals surface area (Å²) in [5.74, 6) is -0.267. The fourth-order valence-corrected chi connectivity index (χ4v) is 3.42. The zero-order chi connectivity index (χ0) is 17.9. The van der Waals surface area contributed by atoms with Crippen LogP contribution in [0.1, 0.15) is 21.6 Å². The predicted molar refractivity (Wildman–Crippen MR) is 99.0 cm³/mol. The SMILES string of the molecule is O=C(NC[C@H](O)CN1CCc2ccccc2C1)c1cn2ccccc2n1. The summed E-state index contributed by atoms with van der Waals surface area (Å²) < 4.78 is 1.80. The molecule has 2 N–H and O–H groups in total. The smallest absolute Gasteiger partial charge is 0.271 e. The Labute approximate surface area is 152 Å². The van der Waals surface area contributed by atoms with Crippen LogP contribution in [0.25, 0.3) is 5.65 Å². The summed E-state index contributed by atoms with van der Waals surface area (Å²) in [6.45, 7) is 2.52. The number of hydrogen-bond donors (Lipinski definition) is 2. The van der Waals surface area contributed by atoms with Gasteiger partial charge in [0.05, 0.1) is 6.10 Å². The average Bonchev–Trinajstić information content (AvgIpc) is 3.10. The summed E-state index contributed by atoms with van der Waals surface area (Å²) >= 11 is 0. The van der Waals surface area contributed by atoms with Crippen LogP contribution in [-0.2, 0) is 13.0 Å². The van der Waals surface area contributed by atoms with Crippen molar-refractivity contribution in [3.63, 3.8) is 0 Å². The van der Waals surface area contributed by atoms with Crippen LogP contribution in [0, 0.1) is 0 Å². The van der Waals surface area contributed by atoms with Crippen molar-refractivity contribution in [1.82, 2.24) is 19.6 Å². The van der Waals surface area contributed by atoms with E-state index in [2.05, 4.69) is 33.4 Å². The first kappa shape index (κ1) is 16.8. The van der Waals surface area contributed by atoms with E-state index in [0.29, 0.717) is 12.2 Å². The molecule has 0 saturated heterocycles. The Morgan fingerprint density at radius 1 is 1.19 bits per heavy atom. The number of aliphatic hydroxyl groups is 1. The normalized spacial score (nSPS) is 15.6. The van der Waals surface area contributed by atoms with Gasteiger partial charge < -0.3 is 14.8 Å². The minimum absolute atomic E-state index is 0.213. The topological polar surface area (TPSA) is 69.9 Å². The molecule has 1 aliphatic heterocycles. The molecule has 0 saturated carbocycles. The lowest BCUT2D eigenvalue weighted by Crippen LogP contribution is -2.42. The molecule has 0 unspecified atom stereocenters. The fourth-order valence-electron chi connectivity index (χ4n) is 3.42. The Hall–Kier alpha value is -2.70. The molecule has 0 spiro atoms. The number of amides is 1. The second-order valence-electron chi connectivity index (χ2n) is 6.71. The molecule has 6 nitrogen and oxygen atoms in total. The van der Waals surface area contributed by atoms with E-state index in [1.807, 2.05) is 30.5 Å². The molecule has 1 atom stereocenters. The molecule has 0 fully saturated rings. The second-order valence-corrected chi connectivity index (χ2v) is 6.71. The molecule has 2 aromatic heterocycles. The largest absolute Gasteiger partial charge is 0.390 e. The Bertz CT molecular complexity index is 888. The molecule has 0 aliphatic carbocycles. The Kier molecular flexibility index (Phi) is 4.69. The maximum Gasteiger partial charge on any atom is 0.271 e. The third-order valence-corrected chi connectivity index (χ3v) is 4.77. The molecular weight excluding hydrogens is 328 g/mol. The molecule has 26 heavy (non-hydrogen) atoms. The van der Waals surface area contributed by atoms with Gasteiger partial charge in [-0.15, -0.1) is 0 Å². The van der Waals surface area contributed by atoms with Crippen LogP contribution in [-0.4, -0.2) is 51.0 Å². The summed E-state index contributed by atoms with van der Waals surface area (Å²) in [6, 6.07) is 14.0. The lowest BCUT2D eigenvalue weighted by atomic mass is 10.00. The Morgan fingerprint density at radius 3 is 2.85 bits per heavy atom. The van der Waals surface area contributed by atoms with E-state index in [1.54, 1.807) is 10.6 Å². The first-order valence-corrected chi connectivity index (χ1v) is 8.88. The number of rotatable bonds is 5. The number of hydrogen-bond acceptors (Lipinski definition) is 4. The molecule has 3 heterocycles. The van der Waals surface area contributed by atoms with Crippen molar-refractivity contribution in [3.8, 4) is 0 Å². The van der Waals surface area contributed by atoms with Gasteiger partial charge >= 0.3 is 0 Å². The van der Waals surface area contributed by atoms with E-state index in [-0.39, 0.29) is 12.5 Å². The number of benzene rings is 1. The molecule has 1 aliphatic rings. The summed E-state index contributed by atoms with van der Waals surface area (Å²) in [4.78, 5) is 18.8. The van der Waals surface area contributed by atoms with Crippen LogP contribution in [0.5, 0.6) is 0 Å². The van der Waals surface area contributed by atoms with Crippen LogP contribution >= 0.6 is 0 Å². The van der Waals surface area contributed by atoms with E-state index in [4.69, 9.17) is 0 Å². The number of carbonyl (C=O) groups is 1. The fraction of sp³-hybridized carbons (Fsp3) is 0.300. The highest BCUT2D eigenvalue weighted by Crippen LogP contribution is 2.18. The van der Waals surface area contributed by atoms with Crippen LogP contribution in [0.3, 0.4) is 0 Å². The number of nitrogens with one attached hydrogen (secondary N) is 1. The monoisotopic (exact) mass is 350 g/mol. The van der Waals surface area contributed by atoms with E-state index in [0.717, 1.165) is 25.2 Å². The average molecular weight is 350 g/mol. The second kappa shape index (κ2) is 7.27. The van der Waals surface area contributed by atoms with Crippen LogP contribution in [0.4, 0.5) is 0 Å². The van der Waals surface area contributed by atoms with Gasteiger partial charge in [0.25, 0.3) is 5.91 Å². The van der Waals surface area contributed by atoms with Crippen molar-refractivity contribution in [3.05, 3.63) is 71.7 Å². The van der Waals surface area contributed by atoms with Gasteiger partial charge in [0.15, 0.2) is 0 Å². The number of carbonyl (C=O) groups excluding carboxylic acids is 1. The molecule has 1 aromatic carbocycles. The zero-order valence-electron chi connectivity index (χ0n) is 14.5. The van der Waals surface area contributed by atoms with Gasteiger partial charge in [-0.3, -0.25) is 9.69 Å². The van der Waals surface area contributed by atoms with Crippen molar-refractivity contribution in [2.45, 2.75) is 19.1 Å². The van der Waals surface area contributed by atoms with Gasteiger partial charge in [0.1, 0.15) is 11.3 Å². The number of nitrogens with zero attached hydrogens (tertiary/aromatic N) is 3. The minimum Gasteiger partial charge on any atom is -0.390 e. The number of aliphatic hydroxyl groups excluding tert-OH is 1. The van der Waals surface area contributed by atoms with Crippen LogP contribution in [0.2, 0.25) is 0 Å². The molecule has 4 rings (SSSR count). The number of β-amino-alcohol motifs (C(OH)–C–C–N with tert-alkyl or cyclic N) is 1. The number of aromatic nitrogens is 2. The Morgan fingerprint density at radius 2 is 2.00 bits per heavy atom. The van der Waals surface area contributed by atoms with E-state index in [1.165, 1.54) is 11.1 Å². The minimum atomic E-state index is -0.610. The van der Waals surface area contributed by atoms with Gasteiger partial charge in [-0.2, -0.15) is 0 Å². The van der Waals surface area contributed by atoms with Crippen LogP contribution in [0.15, 0.2) is 54.9 Å². The standard InChI is InChI=1S/C20H22N4O2/c25-17(13-23-10-8-15-5-1-2-6-16(15)12-23)11-21-20(26)18-14-24-9-4-3-7-19(24)22-18/h1-7,9,14,17,25H,8,10-13H2,(H,21,26)/t17-/m0/s1. The lowest BCUT2D eigenvalue weighted by Gasteiger charge is -2.30. The van der Waals surface area contributed by atoms with Gasteiger partial charge in [-0.25, -0.2) is 4.98 Å². The maximum atomic E-state index is 12.3. The quantitative estimate of drug-likeness (QED) is 0.731.